The van der Waals surface area contributed by atoms with Crippen LogP contribution in [0.5, 0.6) is 5.75 Å². The van der Waals surface area contributed by atoms with Gasteiger partial charge in [0.2, 0.25) is 11.8 Å². The number of rotatable bonds is 49. The highest BCUT2D eigenvalue weighted by Gasteiger charge is 2.19. The Kier molecular flexibility index (Phi) is 35.6. The molecule has 2 amide bonds. The zero-order valence-electron chi connectivity index (χ0n) is 46.2. The first-order valence-corrected chi connectivity index (χ1v) is 27.2. The Morgan fingerprint density at radius 1 is 0.551 bits per heavy atom. The zero-order valence-corrected chi connectivity index (χ0v) is 46.2. The number of nitrogens with zero attached hydrogens (tertiary/aromatic N) is 1. The van der Waals surface area contributed by atoms with Gasteiger partial charge in [0.25, 0.3) is 0 Å². The van der Waals surface area contributed by atoms with E-state index in [0.717, 1.165) is 52.1 Å². The number of pyridine rings is 1. The molecule has 0 aliphatic heterocycles. The van der Waals surface area contributed by atoms with E-state index in [9.17, 15) is 19.5 Å². The number of carbonyl (C=O) groups is 3. The summed E-state index contributed by atoms with van der Waals surface area (Å²) in [6.45, 7) is 18.0. The van der Waals surface area contributed by atoms with E-state index in [1.54, 1.807) is 6.20 Å². The van der Waals surface area contributed by atoms with Gasteiger partial charge >= 0.3 is 5.97 Å². The van der Waals surface area contributed by atoms with Crippen LogP contribution in [0.4, 0.5) is 5.82 Å². The fourth-order valence-corrected chi connectivity index (χ4v) is 7.41. The fourth-order valence-electron chi connectivity index (χ4n) is 7.41. The van der Waals surface area contributed by atoms with Crippen LogP contribution in [-0.2, 0) is 66.5 Å². The van der Waals surface area contributed by atoms with Crippen molar-refractivity contribution in [2.45, 2.75) is 52.5 Å². The number of carboxylic acid groups (broad SMARTS) is 1. The van der Waals surface area contributed by atoms with Crippen LogP contribution < -0.4 is 20.7 Å². The summed E-state index contributed by atoms with van der Waals surface area (Å²) in [5.74, 6) is 0.285. The lowest BCUT2D eigenvalue weighted by atomic mass is 9.95. The molecule has 0 saturated heterocycles. The van der Waals surface area contributed by atoms with E-state index in [2.05, 4.69) is 34.8 Å². The molecular weight excluding hydrogens is 1010 g/mol. The van der Waals surface area contributed by atoms with E-state index >= 15 is 0 Å². The number of hydrogen-bond acceptors (Lipinski definition) is 17. The summed E-state index contributed by atoms with van der Waals surface area (Å²) in [4.78, 5) is 41.3. The third kappa shape index (κ3) is 30.7. The largest absolute Gasteiger partial charge is 0.491 e. The van der Waals surface area contributed by atoms with Crippen LogP contribution in [0.2, 0.25) is 0 Å². The number of aryl methyl sites for hydroxylation is 1. The monoisotopic (exact) mass is 1090 g/mol. The molecule has 20 nitrogen and oxygen atoms in total. The van der Waals surface area contributed by atoms with Gasteiger partial charge in [-0.2, -0.15) is 0 Å². The average Bonchev–Trinajstić information content (AvgIpc) is 3.43. The highest BCUT2D eigenvalue weighted by Crippen LogP contribution is 2.35. The highest BCUT2D eigenvalue weighted by molar-refractivity contribution is 6.00. The van der Waals surface area contributed by atoms with Crippen LogP contribution in [0.1, 0.15) is 56.7 Å². The maximum absolute atomic E-state index is 12.8. The van der Waals surface area contributed by atoms with Crippen LogP contribution in [0, 0.1) is 12.8 Å². The van der Waals surface area contributed by atoms with E-state index in [4.69, 9.17) is 56.8 Å². The van der Waals surface area contributed by atoms with E-state index in [1.807, 2.05) is 79.7 Å². The maximum Gasteiger partial charge on any atom is 0.305 e. The minimum atomic E-state index is -1.06. The fraction of sp³-hybridized carbons (Fsp3) is 0.586. The SMILES string of the molecule is Cc1ccnc(NCCCC(=O)NCC(=O)N[C@@H](CC(=O)O)c2ccc(-c3ccc(OCCOCCOCCOCCOCCOCCOCCOCCOCCOCCOCCOCCC(C)C)c4ccccc34)cc2)c1. The van der Waals surface area contributed by atoms with Crippen molar-refractivity contribution in [1.29, 1.82) is 0 Å². The van der Waals surface area contributed by atoms with Gasteiger partial charge in [-0.25, -0.2) is 4.98 Å². The third-order valence-corrected chi connectivity index (χ3v) is 11.5. The van der Waals surface area contributed by atoms with Crippen LogP contribution >= 0.6 is 0 Å². The van der Waals surface area contributed by atoms with E-state index in [0.29, 0.717) is 170 Å². The number of nitrogens with one attached hydrogen (secondary N) is 3. The van der Waals surface area contributed by atoms with Gasteiger partial charge in [-0.3, -0.25) is 14.4 Å². The predicted octanol–water partition coefficient (Wildman–Crippen LogP) is 6.46. The van der Waals surface area contributed by atoms with E-state index in [1.165, 1.54) is 0 Å². The summed E-state index contributed by atoms with van der Waals surface area (Å²) in [5, 5.41) is 20.1. The lowest BCUT2D eigenvalue weighted by Gasteiger charge is -2.19. The smallest absolute Gasteiger partial charge is 0.305 e. The second-order valence-corrected chi connectivity index (χ2v) is 18.3. The Morgan fingerprint density at radius 3 is 1.50 bits per heavy atom. The molecule has 0 unspecified atom stereocenters. The Balaban J connectivity index is 0.944. The molecule has 0 aliphatic carbocycles. The molecule has 20 heteroatoms. The number of carbonyl (C=O) groups excluding carboxylic acids is 2. The summed E-state index contributed by atoms with van der Waals surface area (Å²) >= 11 is 0. The second kappa shape index (κ2) is 42.6. The van der Waals surface area contributed by atoms with Crippen LogP contribution in [-0.4, -0.2) is 193 Å². The molecule has 1 heterocycles. The molecule has 0 saturated carbocycles. The minimum Gasteiger partial charge on any atom is -0.491 e. The van der Waals surface area contributed by atoms with Crippen LogP contribution in [0.3, 0.4) is 0 Å². The number of fused-ring (bicyclic) bond motifs is 1. The summed E-state index contributed by atoms with van der Waals surface area (Å²) in [6.07, 6.45) is 3.23. The third-order valence-electron chi connectivity index (χ3n) is 11.5. The first-order chi connectivity index (χ1) is 38.2. The second-order valence-electron chi connectivity index (χ2n) is 18.3. The van der Waals surface area contributed by atoms with Crippen molar-refractivity contribution in [3.8, 4) is 16.9 Å². The summed E-state index contributed by atoms with van der Waals surface area (Å²) < 4.78 is 67.2. The summed E-state index contributed by atoms with van der Waals surface area (Å²) in [5.41, 5.74) is 3.58. The zero-order chi connectivity index (χ0) is 55.5. The predicted molar refractivity (Wildman–Crippen MR) is 296 cm³/mol. The first-order valence-electron chi connectivity index (χ1n) is 27.2. The van der Waals surface area contributed by atoms with Gasteiger partial charge in [0.05, 0.1) is 158 Å². The molecule has 0 bridgehead atoms. The van der Waals surface area contributed by atoms with Gasteiger partial charge in [0.15, 0.2) is 0 Å². The molecule has 4 aromatic rings. The molecule has 1 aromatic heterocycles. The quantitative estimate of drug-likeness (QED) is 0.0348. The molecule has 78 heavy (non-hydrogen) atoms. The van der Waals surface area contributed by atoms with Gasteiger partial charge in [0, 0.05) is 31.2 Å². The first kappa shape index (κ1) is 65.2. The van der Waals surface area contributed by atoms with Crippen molar-refractivity contribution in [2.24, 2.45) is 5.92 Å². The van der Waals surface area contributed by atoms with Crippen molar-refractivity contribution in [3.63, 3.8) is 0 Å². The number of ether oxygens (including phenoxy) is 12. The average molecular weight is 1100 g/mol. The van der Waals surface area contributed by atoms with Crippen LogP contribution in [0.15, 0.2) is 79.0 Å². The maximum atomic E-state index is 12.8. The number of carboxylic acids is 1. The van der Waals surface area contributed by atoms with Crippen molar-refractivity contribution in [1.82, 2.24) is 15.6 Å². The van der Waals surface area contributed by atoms with Gasteiger partial charge in [0.1, 0.15) is 18.2 Å². The number of aromatic nitrogens is 1. The van der Waals surface area contributed by atoms with Crippen molar-refractivity contribution in [3.05, 3.63) is 90.1 Å². The van der Waals surface area contributed by atoms with Crippen molar-refractivity contribution < 1.29 is 76.3 Å². The topological polar surface area (TPSA) is 231 Å². The van der Waals surface area contributed by atoms with E-state index < -0.39 is 17.9 Å². The van der Waals surface area contributed by atoms with Crippen LogP contribution in [0.25, 0.3) is 21.9 Å². The summed E-state index contributed by atoms with van der Waals surface area (Å²) in [6, 6.07) is 22.3. The lowest BCUT2D eigenvalue weighted by Crippen LogP contribution is -2.39. The summed E-state index contributed by atoms with van der Waals surface area (Å²) in [7, 11) is 0. The molecule has 1 atom stereocenters. The Bertz CT molecular complexity index is 2200. The van der Waals surface area contributed by atoms with Gasteiger partial charge in [-0.1, -0.05) is 68.4 Å². The van der Waals surface area contributed by atoms with Crippen molar-refractivity contribution >= 4 is 34.4 Å². The number of anilines is 1. The molecular formula is C58H86N4O16. The number of aliphatic carboxylic acids is 1. The van der Waals surface area contributed by atoms with Crippen molar-refractivity contribution in [2.75, 3.05) is 170 Å². The molecule has 0 fully saturated rings. The Labute approximate surface area is 460 Å². The Hall–Kier alpha value is -5.36. The number of benzene rings is 3. The molecule has 4 rings (SSSR count). The minimum absolute atomic E-state index is 0.219. The molecule has 3 aromatic carbocycles. The highest BCUT2D eigenvalue weighted by atomic mass is 16.6. The molecule has 0 aliphatic rings. The lowest BCUT2D eigenvalue weighted by molar-refractivity contribution is -0.138. The van der Waals surface area contributed by atoms with Gasteiger partial charge in [-0.15, -0.1) is 0 Å². The Morgan fingerprint density at radius 2 is 1.03 bits per heavy atom. The standard InChI is InChI=1S/C58H86N4O16/c1-46(2)17-20-67-21-22-68-23-24-69-25-26-70-27-28-71-29-30-72-31-32-73-33-34-74-35-36-75-37-38-76-39-40-77-41-42-78-54-15-14-50(51-7-4-5-8-52(51)54)48-10-12-49(13-11-48)53(44-58(65)66)62-57(64)45-61-56(63)9-6-18-59-55-43-47(3)16-19-60-55/h4-5,7-8,10-16,19,43,46,53H,6,9,17-18,20-42,44-45H2,1-3H3,(H,59,60)(H,61,63)(H,62,64)(H,65,66)/t53-/m0/s1. The molecule has 4 N–H and O–H groups in total. The number of amides is 2. The molecule has 434 valence electrons. The molecule has 0 radical (unpaired) electrons. The van der Waals surface area contributed by atoms with E-state index in [-0.39, 0.29) is 25.3 Å². The number of hydrogen-bond donors (Lipinski definition) is 4. The van der Waals surface area contributed by atoms with Gasteiger partial charge < -0.3 is 77.9 Å². The normalized spacial score (nSPS) is 11.8. The van der Waals surface area contributed by atoms with Gasteiger partial charge in [-0.05, 0) is 71.5 Å². The molecule has 0 spiro atoms.